The number of nitrogens with one attached hydrogen (secondary N) is 1. The Morgan fingerprint density at radius 1 is 1.40 bits per heavy atom. The second-order valence-electron chi connectivity index (χ2n) is 3.63. The van der Waals surface area contributed by atoms with Crippen molar-refractivity contribution in [3.05, 3.63) is 23.9 Å². The highest BCUT2D eigenvalue weighted by molar-refractivity contribution is 5.40. The summed E-state index contributed by atoms with van der Waals surface area (Å²) in [5.41, 5.74) is 1.29. The van der Waals surface area contributed by atoms with Gasteiger partial charge < -0.3 is 10.2 Å². The van der Waals surface area contributed by atoms with Gasteiger partial charge in [0, 0.05) is 25.8 Å². The molecule has 0 atom stereocenters. The van der Waals surface area contributed by atoms with Gasteiger partial charge in [-0.15, -0.1) is 0 Å². The van der Waals surface area contributed by atoms with Crippen molar-refractivity contribution in [3.63, 3.8) is 0 Å². The summed E-state index contributed by atoms with van der Waals surface area (Å²) in [5, 5.41) is 3.15. The SMILES string of the molecule is CCCN(CC)c1cc(CNC)ccn1. The number of hydrogen-bond donors (Lipinski definition) is 1. The van der Waals surface area contributed by atoms with Crippen LogP contribution in [-0.2, 0) is 6.54 Å². The Morgan fingerprint density at radius 3 is 2.80 bits per heavy atom. The van der Waals surface area contributed by atoms with E-state index in [2.05, 4.69) is 41.2 Å². The molecule has 84 valence electrons. The topological polar surface area (TPSA) is 28.2 Å². The fourth-order valence-corrected chi connectivity index (χ4v) is 1.65. The minimum absolute atomic E-state index is 0.902. The normalized spacial score (nSPS) is 10.3. The van der Waals surface area contributed by atoms with Gasteiger partial charge in [-0.1, -0.05) is 6.92 Å². The highest BCUT2D eigenvalue weighted by atomic mass is 15.2. The summed E-state index contributed by atoms with van der Waals surface area (Å²) in [5.74, 6) is 1.09. The van der Waals surface area contributed by atoms with Gasteiger partial charge >= 0.3 is 0 Å². The Morgan fingerprint density at radius 2 is 2.20 bits per heavy atom. The van der Waals surface area contributed by atoms with Crippen molar-refractivity contribution in [3.8, 4) is 0 Å². The quantitative estimate of drug-likeness (QED) is 0.773. The summed E-state index contributed by atoms with van der Waals surface area (Å²) in [7, 11) is 1.96. The van der Waals surface area contributed by atoms with E-state index in [1.165, 1.54) is 5.56 Å². The molecule has 0 fully saturated rings. The van der Waals surface area contributed by atoms with Crippen molar-refractivity contribution in [2.45, 2.75) is 26.8 Å². The van der Waals surface area contributed by atoms with Crippen molar-refractivity contribution in [2.75, 3.05) is 25.0 Å². The van der Waals surface area contributed by atoms with Crippen LogP contribution in [0.2, 0.25) is 0 Å². The van der Waals surface area contributed by atoms with Gasteiger partial charge in [-0.25, -0.2) is 4.98 Å². The lowest BCUT2D eigenvalue weighted by atomic mass is 10.2. The van der Waals surface area contributed by atoms with Crippen LogP contribution in [0.15, 0.2) is 18.3 Å². The van der Waals surface area contributed by atoms with Gasteiger partial charge in [0.15, 0.2) is 0 Å². The molecule has 0 aromatic carbocycles. The van der Waals surface area contributed by atoms with Crippen LogP contribution in [0.1, 0.15) is 25.8 Å². The van der Waals surface area contributed by atoms with E-state index in [0.717, 1.165) is 31.9 Å². The second kappa shape index (κ2) is 6.40. The first kappa shape index (κ1) is 12.0. The van der Waals surface area contributed by atoms with E-state index >= 15 is 0 Å². The third kappa shape index (κ3) is 3.51. The number of pyridine rings is 1. The van der Waals surface area contributed by atoms with Gasteiger partial charge in [0.25, 0.3) is 0 Å². The molecule has 0 bridgehead atoms. The average molecular weight is 207 g/mol. The standard InChI is InChI=1S/C12H21N3/c1-4-8-15(5-2)12-9-11(10-13-3)6-7-14-12/h6-7,9,13H,4-5,8,10H2,1-3H3. The van der Waals surface area contributed by atoms with Crippen LogP contribution in [0.3, 0.4) is 0 Å². The highest BCUT2D eigenvalue weighted by Crippen LogP contribution is 2.12. The molecule has 0 spiro atoms. The van der Waals surface area contributed by atoms with Crippen LogP contribution >= 0.6 is 0 Å². The zero-order valence-electron chi connectivity index (χ0n) is 9.95. The van der Waals surface area contributed by atoms with Gasteiger partial charge in [-0.3, -0.25) is 0 Å². The summed E-state index contributed by atoms with van der Waals surface area (Å²) in [6.45, 7) is 7.36. The van der Waals surface area contributed by atoms with E-state index in [0.29, 0.717) is 0 Å². The zero-order valence-corrected chi connectivity index (χ0v) is 9.95. The minimum Gasteiger partial charge on any atom is -0.357 e. The number of nitrogens with zero attached hydrogens (tertiary/aromatic N) is 2. The maximum atomic E-state index is 4.41. The van der Waals surface area contributed by atoms with Gasteiger partial charge in [-0.05, 0) is 38.1 Å². The molecule has 1 aromatic heterocycles. The van der Waals surface area contributed by atoms with Crippen molar-refractivity contribution < 1.29 is 0 Å². The predicted octanol–water partition coefficient (Wildman–Crippen LogP) is 2.04. The lowest BCUT2D eigenvalue weighted by molar-refractivity contribution is 0.771. The molecule has 1 heterocycles. The van der Waals surface area contributed by atoms with Crippen LogP contribution < -0.4 is 10.2 Å². The summed E-state index contributed by atoms with van der Waals surface area (Å²) >= 11 is 0. The molecule has 1 N–H and O–H groups in total. The van der Waals surface area contributed by atoms with E-state index in [-0.39, 0.29) is 0 Å². The molecule has 3 nitrogen and oxygen atoms in total. The first-order valence-corrected chi connectivity index (χ1v) is 5.66. The first-order chi connectivity index (χ1) is 7.31. The smallest absolute Gasteiger partial charge is 0.128 e. The van der Waals surface area contributed by atoms with Gasteiger partial charge in [0.05, 0.1) is 0 Å². The van der Waals surface area contributed by atoms with Crippen LogP contribution in [0, 0.1) is 0 Å². The molecule has 0 aliphatic heterocycles. The maximum absolute atomic E-state index is 4.41. The number of aromatic nitrogens is 1. The molecular weight excluding hydrogens is 186 g/mol. The van der Waals surface area contributed by atoms with Gasteiger partial charge in [0.2, 0.25) is 0 Å². The molecule has 0 saturated carbocycles. The van der Waals surface area contributed by atoms with Crippen molar-refractivity contribution in [1.29, 1.82) is 0 Å². The monoisotopic (exact) mass is 207 g/mol. The summed E-state index contributed by atoms with van der Waals surface area (Å²) in [4.78, 5) is 6.71. The molecule has 0 unspecified atom stereocenters. The molecule has 15 heavy (non-hydrogen) atoms. The largest absolute Gasteiger partial charge is 0.357 e. The Balaban J connectivity index is 2.77. The zero-order chi connectivity index (χ0) is 11.1. The Bertz CT molecular complexity index is 286. The highest BCUT2D eigenvalue weighted by Gasteiger charge is 2.04. The molecule has 0 saturated heterocycles. The third-order valence-corrected chi connectivity index (χ3v) is 2.39. The molecule has 0 aliphatic carbocycles. The lowest BCUT2D eigenvalue weighted by Crippen LogP contribution is -2.24. The molecule has 0 aliphatic rings. The van der Waals surface area contributed by atoms with Gasteiger partial charge in [0.1, 0.15) is 5.82 Å². The molecule has 1 aromatic rings. The fourth-order valence-electron chi connectivity index (χ4n) is 1.65. The molecule has 0 amide bonds. The van der Waals surface area contributed by atoms with E-state index in [1.54, 1.807) is 0 Å². The van der Waals surface area contributed by atoms with Crippen molar-refractivity contribution in [2.24, 2.45) is 0 Å². The molecular formula is C12H21N3. The first-order valence-electron chi connectivity index (χ1n) is 5.66. The predicted molar refractivity (Wildman–Crippen MR) is 65.2 cm³/mol. The molecule has 3 heteroatoms. The Hall–Kier alpha value is -1.09. The van der Waals surface area contributed by atoms with Crippen molar-refractivity contribution >= 4 is 5.82 Å². The average Bonchev–Trinajstić information content (AvgIpc) is 2.27. The Kier molecular flexibility index (Phi) is 5.12. The second-order valence-corrected chi connectivity index (χ2v) is 3.63. The van der Waals surface area contributed by atoms with E-state index < -0.39 is 0 Å². The number of rotatable bonds is 6. The number of anilines is 1. The molecule has 1 rings (SSSR count). The fraction of sp³-hybridized carbons (Fsp3) is 0.583. The summed E-state index contributed by atoms with van der Waals surface area (Å²) in [6, 6.07) is 4.22. The lowest BCUT2D eigenvalue weighted by Gasteiger charge is -2.21. The van der Waals surface area contributed by atoms with Crippen LogP contribution in [0.5, 0.6) is 0 Å². The summed E-state index contributed by atoms with van der Waals surface area (Å²) in [6.07, 6.45) is 3.05. The van der Waals surface area contributed by atoms with Gasteiger partial charge in [-0.2, -0.15) is 0 Å². The van der Waals surface area contributed by atoms with Crippen LogP contribution in [-0.4, -0.2) is 25.1 Å². The van der Waals surface area contributed by atoms with E-state index in [4.69, 9.17) is 0 Å². The van der Waals surface area contributed by atoms with Crippen LogP contribution in [0.25, 0.3) is 0 Å². The van der Waals surface area contributed by atoms with E-state index in [9.17, 15) is 0 Å². The van der Waals surface area contributed by atoms with Crippen LogP contribution in [0.4, 0.5) is 5.82 Å². The third-order valence-electron chi connectivity index (χ3n) is 2.39. The Labute approximate surface area is 92.5 Å². The summed E-state index contributed by atoms with van der Waals surface area (Å²) < 4.78 is 0. The molecule has 0 radical (unpaired) electrons. The minimum atomic E-state index is 0.902. The van der Waals surface area contributed by atoms with E-state index in [1.807, 2.05) is 13.2 Å². The maximum Gasteiger partial charge on any atom is 0.128 e. The van der Waals surface area contributed by atoms with Crippen molar-refractivity contribution in [1.82, 2.24) is 10.3 Å². The number of hydrogen-bond acceptors (Lipinski definition) is 3.